The van der Waals surface area contributed by atoms with E-state index in [0.29, 0.717) is 5.88 Å². The van der Waals surface area contributed by atoms with Gasteiger partial charge in [0.15, 0.2) is 0 Å². The van der Waals surface area contributed by atoms with Crippen molar-refractivity contribution in [1.82, 2.24) is 4.98 Å². The van der Waals surface area contributed by atoms with Gasteiger partial charge in [0.1, 0.15) is 5.82 Å². The molecule has 0 aliphatic heterocycles. The van der Waals surface area contributed by atoms with Crippen LogP contribution in [0.25, 0.3) is 0 Å². The molecule has 1 aromatic heterocycles. The number of rotatable bonds is 3. The number of hydrogen-bond donors (Lipinski definition) is 1. The zero-order valence-corrected chi connectivity index (χ0v) is 10.8. The van der Waals surface area contributed by atoms with Gasteiger partial charge >= 0.3 is 0 Å². The van der Waals surface area contributed by atoms with Gasteiger partial charge in [-0.1, -0.05) is 18.2 Å². The Morgan fingerprint density at radius 2 is 2.00 bits per heavy atom. The molecule has 0 spiro atoms. The lowest BCUT2D eigenvalue weighted by Gasteiger charge is -2.10. The van der Waals surface area contributed by atoms with Gasteiger partial charge in [-0.25, -0.2) is 4.98 Å². The van der Waals surface area contributed by atoms with Gasteiger partial charge in [-0.15, -0.1) is 11.6 Å². The van der Waals surface area contributed by atoms with Crippen LogP contribution in [-0.4, -0.2) is 4.98 Å². The van der Waals surface area contributed by atoms with E-state index in [9.17, 15) is 0 Å². The lowest BCUT2D eigenvalue weighted by atomic mass is 10.2. The topological polar surface area (TPSA) is 24.9 Å². The van der Waals surface area contributed by atoms with Crippen LogP contribution in [0.2, 0.25) is 0 Å². The Labute approximate surface area is 108 Å². The molecule has 16 heavy (non-hydrogen) atoms. The predicted molar refractivity (Wildman–Crippen MR) is 71.2 cm³/mol. The first-order valence-electron chi connectivity index (χ1n) is 4.82. The van der Waals surface area contributed by atoms with Gasteiger partial charge < -0.3 is 5.32 Å². The average Bonchev–Trinajstić information content (AvgIpc) is 2.33. The second-order valence-corrected chi connectivity index (χ2v) is 4.37. The maximum Gasteiger partial charge on any atom is 0.144 e. The predicted octanol–water partition coefficient (Wildman–Crippen LogP) is 4.33. The zero-order valence-electron chi connectivity index (χ0n) is 8.45. The van der Waals surface area contributed by atoms with Crippen molar-refractivity contribution in [3.8, 4) is 0 Å². The Kier molecular flexibility index (Phi) is 3.80. The summed E-state index contributed by atoms with van der Waals surface area (Å²) in [4.78, 5) is 4.25. The first kappa shape index (κ1) is 11.4. The van der Waals surface area contributed by atoms with Crippen molar-refractivity contribution >= 4 is 39.0 Å². The number of aromatic nitrogens is 1. The van der Waals surface area contributed by atoms with E-state index in [0.717, 1.165) is 21.5 Å². The number of para-hydroxylation sites is 1. The number of anilines is 2. The van der Waals surface area contributed by atoms with Crippen LogP contribution in [0.3, 0.4) is 0 Å². The van der Waals surface area contributed by atoms with E-state index in [2.05, 4.69) is 26.2 Å². The summed E-state index contributed by atoms with van der Waals surface area (Å²) in [6.45, 7) is 0. The van der Waals surface area contributed by atoms with Gasteiger partial charge in [0.05, 0.1) is 4.47 Å². The van der Waals surface area contributed by atoms with Crippen LogP contribution in [-0.2, 0) is 5.88 Å². The Balaban J connectivity index is 2.30. The standard InChI is InChI=1S/C12H10BrClN2/c13-10-5-3-7-15-12(10)16-11-6-2-1-4-9(11)8-14/h1-7H,8H2,(H,15,16). The molecule has 2 nitrogen and oxygen atoms in total. The highest BCUT2D eigenvalue weighted by Gasteiger charge is 2.03. The van der Waals surface area contributed by atoms with Crippen LogP contribution in [0.4, 0.5) is 11.5 Å². The molecule has 0 unspecified atom stereocenters. The molecule has 0 aliphatic rings. The summed E-state index contributed by atoms with van der Waals surface area (Å²) in [5.41, 5.74) is 2.04. The van der Waals surface area contributed by atoms with E-state index in [1.165, 1.54) is 0 Å². The molecule has 2 rings (SSSR count). The normalized spacial score (nSPS) is 10.1. The number of pyridine rings is 1. The molecule has 2 aromatic rings. The fraction of sp³-hybridized carbons (Fsp3) is 0.0833. The fourth-order valence-corrected chi connectivity index (χ4v) is 1.95. The molecule has 0 atom stereocenters. The van der Waals surface area contributed by atoms with E-state index in [1.54, 1.807) is 6.20 Å². The average molecular weight is 298 g/mol. The van der Waals surface area contributed by atoms with Crippen LogP contribution >= 0.6 is 27.5 Å². The number of nitrogens with zero attached hydrogens (tertiary/aromatic N) is 1. The van der Waals surface area contributed by atoms with Gasteiger partial charge in [0.25, 0.3) is 0 Å². The van der Waals surface area contributed by atoms with Crippen LogP contribution in [0.5, 0.6) is 0 Å². The second-order valence-electron chi connectivity index (χ2n) is 3.25. The maximum absolute atomic E-state index is 5.87. The third kappa shape index (κ3) is 2.54. The van der Waals surface area contributed by atoms with Gasteiger partial charge in [-0.05, 0) is 39.7 Å². The third-order valence-electron chi connectivity index (χ3n) is 2.17. The van der Waals surface area contributed by atoms with Gasteiger partial charge in [-0.2, -0.15) is 0 Å². The first-order chi connectivity index (χ1) is 7.81. The molecular formula is C12H10BrClN2. The van der Waals surface area contributed by atoms with Gasteiger partial charge in [-0.3, -0.25) is 0 Å². The van der Waals surface area contributed by atoms with Crippen molar-refractivity contribution < 1.29 is 0 Å². The van der Waals surface area contributed by atoms with E-state index in [4.69, 9.17) is 11.6 Å². The first-order valence-corrected chi connectivity index (χ1v) is 6.15. The highest BCUT2D eigenvalue weighted by molar-refractivity contribution is 9.10. The molecule has 1 aromatic carbocycles. The van der Waals surface area contributed by atoms with Gasteiger partial charge in [0, 0.05) is 17.8 Å². The smallest absolute Gasteiger partial charge is 0.144 e. The molecule has 0 radical (unpaired) electrons. The van der Waals surface area contributed by atoms with Crippen LogP contribution in [0.1, 0.15) is 5.56 Å². The molecule has 0 bridgehead atoms. The minimum Gasteiger partial charge on any atom is -0.339 e. The highest BCUT2D eigenvalue weighted by Crippen LogP contribution is 2.25. The third-order valence-corrected chi connectivity index (χ3v) is 3.10. The van der Waals surface area contributed by atoms with Crippen molar-refractivity contribution in [2.45, 2.75) is 5.88 Å². The summed E-state index contributed by atoms with van der Waals surface area (Å²) in [7, 11) is 0. The van der Waals surface area contributed by atoms with Crippen molar-refractivity contribution in [2.75, 3.05) is 5.32 Å². The highest BCUT2D eigenvalue weighted by atomic mass is 79.9. The summed E-state index contributed by atoms with van der Waals surface area (Å²) in [5, 5.41) is 3.25. The van der Waals surface area contributed by atoms with Crippen LogP contribution in [0.15, 0.2) is 47.1 Å². The lowest BCUT2D eigenvalue weighted by molar-refractivity contribution is 1.27. The number of benzene rings is 1. The Bertz CT molecular complexity index is 488. The largest absolute Gasteiger partial charge is 0.339 e. The molecule has 0 amide bonds. The lowest BCUT2D eigenvalue weighted by Crippen LogP contribution is -1.97. The molecule has 0 fully saturated rings. The van der Waals surface area contributed by atoms with E-state index >= 15 is 0 Å². The minimum absolute atomic E-state index is 0.480. The summed E-state index contributed by atoms with van der Waals surface area (Å²) in [6.07, 6.45) is 1.75. The second kappa shape index (κ2) is 5.32. The van der Waals surface area contributed by atoms with Crippen molar-refractivity contribution in [2.24, 2.45) is 0 Å². The molecular weight excluding hydrogens is 288 g/mol. The Hall–Kier alpha value is -1.06. The van der Waals surface area contributed by atoms with Gasteiger partial charge in [0.2, 0.25) is 0 Å². The molecule has 0 saturated heterocycles. The van der Waals surface area contributed by atoms with Crippen molar-refractivity contribution in [1.29, 1.82) is 0 Å². The molecule has 0 saturated carbocycles. The summed E-state index contributed by atoms with van der Waals surface area (Å²) in [5.74, 6) is 1.27. The summed E-state index contributed by atoms with van der Waals surface area (Å²) < 4.78 is 0.930. The SMILES string of the molecule is ClCc1ccccc1Nc1ncccc1Br. The summed E-state index contributed by atoms with van der Waals surface area (Å²) in [6, 6.07) is 11.7. The van der Waals surface area contributed by atoms with Crippen molar-refractivity contribution in [3.05, 3.63) is 52.6 Å². The number of halogens is 2. The minimum atomic E-state index is 0.480. The van der Waals surface area contributed by atoms with Crippen molar-refractivity contribution in [3.63, 3.8) is 0 Å². The zero-order chi connectivity index (χ0) is 11.4. The number of hydrogen-bond acceptors (Lipinski definition) is 2. The molecule has 0 aliphatic carbocycles. The maximum atomic E-state index is 5.87. The van der Waals surface area contributed by atoms with E-state index in [1.807, 2.05) is 36.4 Å². The number of nitrogens with one attached hydrogen (secondary N) is 1. The quantitative estimate of drug-likeness (QED) is 0.853. The van der Waals surface area contributed by atoms with E-state index in [-0.39, 0.29) is 0 Å². The van der Waals surface area contributed by atoms with Crippen LogP contribution in [0, 0.1) is 0 Å². The number of alkyl halides is 1. The molecule has 1 N–H and O–H groups in total. The molecule has 1 heterocycles. The molecule has 4 heteroatoms. The Morgan fingerprint density at radius 1 is 1.19 bits per heavy atom. The summed E-state index contributed by atoms with van der Waals surface area (Å²) >= 11 is 9.31. The van der Waals surface area contributed by atoms with E-state index < -0.39 is 0 Å². The molecule has 82 valence electrons. The monoisotopic (exact) mass is 296 g/mol. The Morgan fingerprint density at radius 3 is 2.75 bits per heavy atom. The fourth-order valence-electron chi connectivity index (χ4n) is 1.36. The van der Waals surface area contributed by atoms with Crippen LogP contribution < -0.4 is 5.32 Å².